The van der Waals surface area contributed by atoms with Crippen LogP contribution in [0, 0.1) is 0 Å². The third-order valence-corrected chi connectivity index (χ3v) is 4.11. The van der Waals surface area contributed by atoms with E-state index in [1.54, 1.807) is 36.4 Å². The summed E-state index contributed by atoms with van der Waals surface area (Å²) in [6.45, 7) is -0.168. The predicted octanol–water partition coefficient (Wildman–Crippen LogP) is 2.34. The highest BCUT2D eigenvalue weighted by Gasteiger charge is 2.33. The van der Waals surface area contributed by atoms with Gasteiger partial charge in [-0.15, -0.1) is 0 Å². The summed E-state index contributed by atoms with van der Waals surface area (Å²) in [7, 11) is 3.04. The first-order valence-electron chi connectivity index (χ1n) is 8.61. The van der Waals surface area contributed by atoms with E-state index in [4.69, 9.17) is 28.4 Å². The number of aliphatic hydroxyl groups excluding tert-OH is 1. The molecule has 0 fully saturated rings. The number of fused-ring (bicyclic) bond motifs is 1. The van der Waals surface area contributed by atoms with Crippen LogP contribution < -0.4 is 18.9 Å². The molecule has 0 saturated heterocycles. The molecule has 1 heterocycles. The summed E-state index contributed by atoms with van der Waals surface area (Å²) in [6, 6.07) is 10.1. The number of rotatable bonds is 9. The molecule has 0 bridgehead atoms. The van der Waals surface area contributed by atoms with Gasteiger partial charge < -0.3 is 33.5 Å². The number of hydrogen-bond donors (Lipinski definition) is 1. The molecule has 0 radical (unpaired) electrons. The topological polar surface area (TPSA) is 92.7 Å². The van der Waals surface area contributed by atoms with Crippen molar-refractivity contribution >= 4 is 6.29 Å². The molecule has 3 rings (SSSR count). The fourth-order valence-electron chi connectivity index (χ4n) is 2.82. The Morgan fingerprint density at radius 3 is 2.39 bits per heavy atom. The zero-order chi connectivity index (χ0) is 19.9. The van der Waals surface area contributed by atoms with Crippen LogP contribution in [-0.2, 0) is 9.47 Å². The van der Waals surface area contributed by atoms with Crippen molar-refractivity contribution in [2.45, 2.75) is 12.2 Å². The van der Waals surface area contributed by atoms with Crippen molar-refractivity contribution in [1.29, 1.82) is 0 Å². The normalized spacial score (nSPS) is 17.8. The first-order valence-corrected chi connectivity index (χ1v) is 8.61. The molecule has 1 aliphatic heterocycles. The molecule has 2 aromatic rings. The quantitative estimate of drug-likeness (QED) is 0.515. The second kappa shape index (κ2) is 9.41. The Morgan fingerprint density at radius 2 is 1.71 bits per heavy atom. The van der Waals surface area contributed by atoms with Crippen LogP contribution in [0.15, 0.2) is 36.4 Å². The average Bonchev–Trinajstić information content (AvgIpc) is 2.75. The maximum atomic E-state index is 11.0. The zero-order valence-corrected chi connectivity index (χ0v) is 15.6. The smallest absolute Gasteiger partial charge is 0.188 e. The fourth-order valence-corrected chi connectivity index (χ4v) is 2.82. The van der Waals surface area contributed by atoms with Crippen molar-refractivity contribution in [3.63, 3.8) is 0 Å². The standard InChI is InChI=1S/C20H22O8/c1-23-11-25-15-6-4-14(8-17(15)26-12-24-2)20-19(10-22)27-18-7-13(9-21)3-5-16(18)28-20/h3-9,19-20,22H,10-12H2,1-2H3/t19-,20-/m1/s1. The lowest BCUT2D eigenvalue weighted by Crippen LogP contribution is -2.36. The molecule has 1 N–H and O–H groups in total. The van der Waals surface area contributed by atoms with Gasteiger partial charge in [-0.2, -0.15) is 0 Å². The molecular formula is C20H22O8. The lowest BCUT2D eigenvalue weighted by molar-refractivity contribution is -0.0127. The van der Waals surface area contributed by atoms with E-state index in [0.717, 1.165) is 11.8 Å². The first-order chi connectivity index (χ1) is 13.7. The maximum Gasteiger partial charge on any atom is 0.188 e. The number of carbonyl (C=O) groups excluding carboxylic acids is 1. The summed E-state index contributed by atoms with van der Waals surface area (Å²) in [5.74, 6) is 1.82. The number of ether oxygens (including phenoxy) is 6. The summed E-state index contributed by atoms with van der Waals surface area (Å²) >= 11 is 0. The molecular weight excluding hydrogens is 368 g/mol. The van der Waals surface area contributed by atoms with Crippen LogP contribution in [0.25, 0.3) is 0 Å². The third kappa shape index (κ3) is 4.36. The third-order valence-electron chi connectivity index (χ3n) is 4.11. The number of methoxy groups -OCH3 is 2. The Bertz CT molecular complexity index is 807. The SMILES string of the molecule is COCOc1ccc([C@H]2Oc3ccc(C=O)cc3O[C@@H]2CO)cc1OCOC. The number of carbonyl (C=O) groups is 1. The van der Waals surface area contributed by atoms with Gasteiger partial charge in [0.05, 0.1) is 6.61 Å². The van der Waals surface area contributed by atoms with E-state index < -0.39 is 12.2 Å². The van der Waals surface area contributed by atoms with E-state index in [-0.39, 0.29) is 20.2 Å². The Labute approximate surface area is 162 Å². The lowest BCUT2D eigenvalue weighted by Gasteiger charge is -2.33. The Hall–Kier alpha value is -2.81. The van der Waals surface area contributed by atoms with Gasteiger partial charge in [0.2, 0.25) is 0 Å². The van der Waals surface area contributed by atoms with Crippen LogP contribution in [-0.4, -0.2) is 51.9 Å². The van der Waals surface area contributed by atoms with Crippen LogP contribution in [0.2, 0.25) is 0 Å². The number of aliphatic hydroxyl groups is 1. The van der Waals surface area contributed by atoms with Crippen molar-refractivity contribution in [3.05, 3.63) is 47.5 Å². The minimum Gasteiger partial charge on any atom is -0.480 e. The summed E-state index contributed by atoms with van der Waals surface area (Å²) in [5, 5.41) is 9.79. The molecule has 1 aliphatic rings. The van der Waals surface area contributed by atoms with Crippen molar-refractivity contribution in [2.24, 2.45) is 0 Å². The van der Waals surface area contributed by atoms with E-state index in [1.165, 1.54) is 14.2 Å². The molecule has 0 aliphatic carbocycles. The highest BCUT2D eigenvalue weighted by atomic mass is 16.7. The molecule has 0 saturated carbocycles. The molecule has 8 nitrogen and oxygen atoms in total. The minimum absolute atomic E-state index is 0.0373. The van der Waals surface area contributed by atoms with Gasteiger partial charge in [-0.1, -0.05) is 6.07 Å². The van der Waals surface area contributed by atoms with Gasteiger partial charge in [-0.25, -0.2) is 0 Å². The fraction of sp³-hybridized carbons (Fsp3) is 0.350. The molecule has 28 heavy (non-hydrogen) atoms. The second-order valence-electron chi connectivity index (χ2n) is 6.01. The van der Waals surface area contributed by atoms with Gasteiger partial charge in [0, 0.05) is 25.3 Å². The van der Waals surface area contributed by atoms with E-state index in [0.29, 0.717) is 28.6 Å². The number of hydrogen-bond acceptors (Lipinski definition) is 8. The van der Waals surface area contributed by atoms with Gasteiger partial charge in [0.25, 0.3) is 0 Å². The van der Waals surface area contributed by atoms with Gasteiger partial charge >= 0.3 is 0 Å². The average molecular weight is 390 g/mol. The molecule has 2 aromatic carbocycles. The molecule has 8 heteroatoms. The Kier molecular flexibility index (Phi) is 6.70. The molecule has 150 valence electrons. The molecule has 0 unspecified atom stereocenters. The minimum atomic E-state index is -0.657. The summed E-state index contributed by atoms with van der Waals surface area (Å²) in [4.78, 5) is 11.0. The highest BCUT2D eigenvalue weighted by Crippen LogP contribution is 2.41. The number of aldehydes is 1. The van der Waals surface area contributed by atoms with Gasteiger partial charge in [0.1, 0.15) is 6.29 Å². The first kappa shape index (κ1) is 19.9. The Balaban J connectivity index is 1.90. The van der Waals surface area contributed by atoms with Crippen molar-refractivity contribution in [3.8, 4) is 23.0 Å². The maximum absolute atomic E-state index is 11.0. The molecule has 0 spiro atoms. The van der Waals surface area contributed by atoms with E-state index in [1.807, 2.05) is 0 Å². The van der Waals surface area contributed by atoms with Crippen molar-refractivity contribution in [2.75, 3.05) is 34.4 Å². The van der Waals surface area contributed by atoms with E-state index >= 15 is 0 Å². The zero-order valence-electron chi connectivity index (χ0n) is 15.6. The summed E-state index contributed by atoms with van der Waals surface area (Å²) in [5.41, 5.74) is 1.19. The second-order valence-corrected chi connectivity index (χ2v) is 6.01. The van der Waals surface area contributed by atoms with Crippen LogP contribution in [0.3, 0.4) is 0 Å². The lowest BCUT2D eigenvalue weighted by atomic mass is 10.0. The predicted molar refractivity (Wildman–Crippen MR) is 98.2 cm³/mol. The van der Waals surface area contributed by atoms with E-state index in [9.17, 15) is 9.90 Å². The largest absolute Gasteiger partial charge is 0.480 e. The number of benzene rings is 2. The monoisotopic (exact) mass is 390 g/mol. The van der Waals surface area contributed by atoms with Crippen molar-refractivity contribution in [1.82, 2.24) is 0 Å². The van der Waals surface area contributed by atoms with Crippen LogP contribution >= 0.6 is 0 Å². The highest BCUT2D eigenvalue weighted by molar-refractivity contribution is 5.76. The summed E-state index contributed by atoms with van der Waals surface area (Å²) < 4.78 is 32.9. The van der Waals surface area contributed by atoms with Crippen molar-refractivity contribution < 1.29 is 38.3 Å². The molecule has 0 aromatic heterocycles. The molecule has 2 atom stereocenters. The van der Waals surface area contributed by atoms with E-state index in [2.05, 4.69) is 0 Å². The van der Waals surface area contributed by atoms with Gasteiger partial charge in [-0.3, -0.25) is 4.79 Å². The van der Waals surface area contributed by atoms with Crippen LogP contribution in [0.1, 0.15) is 22.0 Å². The Morgan fingerprint density at radius 1 is 0.964 bits per heavy atom. The summed E-state index contributed by atoms with van der Waals surface area (Å²) in [6.07, 6.45) is -0.515. The van der Waals surface area contributed by atoms with Gasteiger partial charge in [0.15, 0.2) is 48.8 Å². The molecule has 0 amide bonds. The van der Waals surface area contributed by atoms with Crippen LogP contribution in [0.5, 0.6) is 23.0 Å². The van der Waals surface area contributed by atoms with Crippen LogP contribution in [0.4, 0.5) is 0 Å². The van der Waals surface area contributed by atoms with Gasteiger partial charge in [-0.05, 0) is 30.3 Å².